The van der Waals surface area contributed by atoms with Crippen LogP contribution in [0.3, 0.4) is 0 Å². The SMILES string of the molecule is Cc1ccc(CNC(=O)C(C)(C)C)cc1Cl. The molecule has 16 heavy (non-hydrogen) atoms. The minimum absolute atomic E-state index is 0.0456. The van der Waals surface area contributed by atoms with Crippen molar-refractivity contribution in [3.63, 3.8) is 0 Å². The van der Waals surface area contributed by atoms with Crippen molar-refractivity contribution in [2.24, 2.45) is 5.41 Å². The van der Waals surface area contributed by atoms with Gasteiger partial charge in [-0.1, -0.05) is 44.5 Å². The molecular weight excluding hydrogens is 222 g/mol. The number of rotatable bonds is 2. The zero-order valence-electron chi connectivity index (χ0n) is 10.2. The number of halogens is 1. The van der Waals surface area contributed by atoms with Gasteiger partial charge in [-0.15, -0.1) is 0 Å². The monoisotopic (exact) mass is 239 g/mol. The van der Waals surface area contributed by atoms with Gasteiger partial charge in [-0.3, -0.25) is 4.79 Å². The largest absolute Gasteiger partial charge is 0.352 e. The molecule has 0 spiro atoms. The molecule has 1 amide bonds. The molecule has 0 atom stereocenters. The molecule has 2 nitrogen and oxygen atoms in total. The van der Waals surface area contributed by atoms with E-state index in [2.05, 4.69) is 5.32 Å². The summed E-state index contributed by atoms with van der Waals surface area (Å²) >= 11 is 6.01. The third-order valence-electron chi connectivity index (χ3n) is 2.37. The van der Waals surface area contributed by atoms with E-state index in [4.69, 9.17) is 11.6 Å². The summed E-state index contributed by atoms with van der Waals surface area (Å²) in [5.41, 5.74) is 1.72. The van der Waals surface area contributed by atoms with Crippen LogP contribution in [0, 0.1) is 12.3 Å². The Hall–Kier alpha value is -1.02. The number of hydrogen-bond donors (Lipinski definition) is 1. The molecule has 3 heteroatoms. The number of aryl methyl sites for hydroxylation is 1. The van der Waals surface area contributed by atoms with E-state index in [0.717, 1.165) is 16.1 Å². The van der Waals surface area contributed by atoms with Gasteiger partial charge in [0.25, 0.3) is 0 Å². The Kier molecular flexibility index (Phi) is 3.98. The lowest BCUT2D eigenvalue weighted by atomic mass is 9.95. The highest BCUT2D eigenvalue weighted by Gasteiger charge is 2.20. The summed E-state index contributed by atoms with van der Waals surface area (Å²) in [4.78, 5) is 11.6. The quantitative estimate of drug-likeness (QED) is 0.843. The van der Waals surface area contributed by atoms with Crippen LogP contribution in [0.25, 0.3) is 0 Å². The van der Waals surface area contributed by atoms with Gasteiger partial charge in [-0.2, -0.15) is 0 Å². The molecule has 1 aromatic rings. The van der Waals surface area contributed by atoms with Crippen molar-refractivity contribution in [2.45, 2.75) is 34.2 Å². The Morgan fingerprint density at radius 1 is 1.38 bits per heavy atom. The van der Waals surface area contributed by atoms with Crippen LogP contribution in [-0.4, -0.2) is 5.91 Å². The molecule has 0 radical (unpaired) electrons. The normalized spacial score (nSPS) is 11.3. The molecule has 0 unspecified atom stereocenters. The lowest BCUT2D eigenvalue weighted by Crippen LogP contribution is -2.34. The molecule has 1 N–H and O–H groups in total. The maximum Gasteiger partial charge on any atom is 0.225 e. The fourth-order valence-electron chi connectivity index (χ4n) is 1.19. The first kappa shape index (κ1) is 13.0. The van der Waals surface area contributed by atoms with Crippen molar-refractivity contribution in [2.75, 3.05) is 0 Å². The second-order valence-corrected chi connectivity index (χ2v) is 5.42. The van der Waals surface area contributed by atoms with Crippen molar-refractivity contribution in [3.8, 4) is 0 Å². The molecule has 1 aromatic carbocycles. The van der Waals surface area contributed by atoms with Gasteiger partial charge in [0.15, 0.2) is 0 Å². The van der Waals surface area contributed by atoms with Crippen LogP contribution in [0.1, 0.15) is 31.9 Å². The maximum absolute atomic E-state index is 11.6. The van der Waals surface area contributed by atoms with Crippen LogP contribution in [0.15, 0.2) is 18.2 Å². The van der Waals surface area contributed by atoms with Crippen molar-refractivity contribution in [1.29, 1.82) is 0 Å². The summed E-state index contributed by atoms with van der Waals surface area (Å²) in [6, 6.07) is 5.82. The smallest absolute Gasteiger partial charge is 0.225 e. The molecular formula is C13H18ClNO. The van der Waals surface area contributed by atoms with E-state index >= 15 is 0 Å². The van der Waals surface area contributed by atoms with E-state index in [-0.39, 0.29) is 11.3 Å². The summed E-state index contributed by atoms with van der Waals surface area (Å²) in [5, 5.41) is 3.63. The number of benzene rings is 1. The minimum Gasteiger partial charge on any atom is -0.352 e. The number of nitrogens with one attached hydrogen (secondary N) is 1. The topological polar surface area (TPSA) is 29.1 Å². The highest BCUT2D eigenvalue weighted by molar-refractivity contribution is 6.31. The number of hydrogen-bond acceptors (Lipinski definition) is 1. The van der Waals surface area contributed by atoms with Gasteiger partial charge in [0.2, 0.25) is 5.91 Å². The average Bonchev–Trinajstić information content (AvgIpc) is 2.18. The van der Waals surface area contributed by atoms with Crippen LogP contribution in [0.4, 0.5) is 0 Å². The Labute approximate surface area is 102 Å². The van der Waals surface area contributed by atoms with Crippen LogP contribution >= 0.6 is 11.6 Å². The molecule has 0 aliphatic rings. The van der Waals surface area contributed by atoms with Gasteiger partial charge < -0.3 is 5.32 Å². The first-order valence-corrected chi connectivity index (χ1v) is 5.72. The standard InChI is InChI=1S/C13H18ClNO/c1-9-5-6-10(7-11(9)14)8-15-12(16)13(2,3)4/h5-7H,8H2,1-4H3,(H,15,16). The Bertz CT molecular complexity index is 393. The van der Waals surface area contributed by atoms with Gasteiger partial charge >= 0.3 is 0 Å². The fourth-order valence-corrected chi connectivity index (χ4v) is 1.40. The van der Waals surface area contributed by atoms with Gasteiger partial charge in [0, 0.05) is 17.0 Å². The van der Waals surface area contributed by atoms with Gasteiger partial charge in [0.1, 0.15) is 0 Å². The number of amides is 1. The van der Waals surface area contributed by atoms with Crippen LogP contribution in [0.5, 0.6) is 0 Å². The summed E-state index contributed by atoms with van der Waals surface area (Å²) in [5.74, 6) is 0.0456. The maximum atomic E-state index is 11.6. The fraction of sp³-hybridized carbons (Fsp3) is 0.462. The van der Waals surface area contributed by atoms with Gasteiger partial charge in [0.05, 0.1) is 0 Å². The highest BCUT2D eigenvalue weighted by Crippen LogP contribution is 2.17. The number of carbonyl (C=O) groups is 1. The molecule has 0 saturated carbocycles. The third-order valence-corrected chi connectivity index (χ3v) is 2.78. The van der Waals surface area contributed by atoms with E-state index in [1.54, 1.807) is 0 Å². The zero-order valence-corrected chi connectivity index (χ0v) is 11.0. The van der Waals surface area contributed by atoms with E-state index in [1.807, 2.05) is 45.9 Å². The van der Waals surface area contributed by atoms with Crippen molar-refractivity contribution >= 4 is 17.5 Å². The Morgan fingerprint density at radius 2 is 2.00 bits per heavy atom. The van der Waals surface area contributed by atoms with E-state index in [9.17, 15) is 4.79 Å². The Balaban J connectivity index is 2.62. The molecule has 0 saturated heterocycles. The molecule has 0 aliphatic heterocycles. The summed E-state index contributed by atoms with van der Waals surface area (Å²) < 4.78 is 0. The number of carbonyl (C=O) groups excluding carboxylic acids is 1. The predicted octanol–water partition coefficient (Wildman–Crippen LogP) is 3.31. The second kappa shape index (κ2) is 4.88. The van der Waals surface area contributed by atoms with E-state index in [0.29, 0.717) is 6.54 Å². The third kappa shape index (κ3) is 3.53. The summed E-state index contributed by atoms with van der Waals surface area (Å²) in [7, 11) is 0. The lowest BCUT2D eigenvalue weighted by Gasteiger charge is -2.17. The van der Waals surface area contributed by atoms with E-state index in [1.165, 1.54) is 0 Å². The first-order chi connectivity index (χ1) is 7.30. The van der Waals surface area contributed by atoms with Crippen LogP contribution in [-0.2, 0) is 11.3 Å². The molecule has 0 aliphatic carbocycles. The molecule has 0 bridgehead atoms. The summed E-state index contributed by atoms with van der Waals surface area (Å²) in [6.45, 7) is 8.16. The molecule has 0 aromatic heterocycles. The van der Waals surface area contributed by atoms with Crippen molar-refractivity contribution in [1.82, 2.24) is 5.32 Å². The molecule has 0 heterocycles. The molecule has 88 valence electrons. The lowest BCUT2D eigenvalue weighted by molar-refractivity contribution is -0.128. The highest BCUT2D eigenvalue weighted by atomic mass is 35.5. The minimum atomic E-state index is -0.353. The van der Waals surface area contributed by atoms with Crippen LogP contribution in [0.2, 0.25) is 5.02 Å². The first-order valence-electron chi connectivity index (χ1n) is 5.34. The predicted molar refractivity (Wildman–Crippen MR) is 67.5 cm³/mol. The second-order valence-electron chi connectivity index (χ2n) is 5.02. The van der Waals surface area contributed by atoms with Gasteiger partial charge in [-0.25, -0.2) is 0 Å². The Morgan fingerprint density at radius 3 is 2.50 bits per heavy atom. The average molecular weight is 240 g/mol. The zero-order chi connectivity index (χ0) is 12.3. The summed E-state index contributed by atoms with van der Waals surface area (Å²) in [6.07, 6.45) is 0. The van der Waals surface area contributed by atoms with Crippen molar-refractivity contribution < 1.29 is 4.79 Å². The van der Waals surface area contributed by atoms with Crippen LogP contribution < -0.4 is 5.32 Å². The van der Waals surface area contributed by atoms with Gasteiger partial charge in [-0.05, 0) is 24.1 Å². The van der Waals surface area contributed by atoms with E-state index < -0.39 is 0 Å². The van der Waals surface area contributed by atoms with Crippen molar-refractivity contribution in [3.05, 3.63) is 34.3 Å². The molecule has 1 rings (SSSR count). The molecule has 0 fully saturated rings.